The van der Waals surface area contributed by atoms with Gasteiger partial charge in [0.2, 0.25) is 11.8 Å². The first-order valence-electron chi connectivity index (χ1n) is 9.63. The Labute approximate surface area is 168 Å². The molecule has 3 fully saturated rings. The van der Waals surface area contributed by atoms with Crippen molar-refractivity contribution in [2.75, 3.05) is 37.6 Å². The number of cyclic esters (lactones) is 1. The minimum atomic E-state index is -0.580. The van der Waals surface area contributed by atoms with Gasteiger partial charge in [-0.25, -0.2) is 4.79 Å². The summed E-state index contributed by atoms with van der Waals surface area (Å²) in [5.74, 6) is -0.0200. The first-order chi connectivity index (χ1) is 13.9. The number of anilines is 1. The Hall–Kier alpha value is -3.12. The smallest absolute Gasteiger partial charge is 0.414 e. The number of ether oxygens (including phenoxy) is 1. The molecule has 3 amide bonds. The third-order valence-corrected chi connectivity index (χ3v) is 6.20. The molecule has 1 saturated carbocycles. The van der Waals surface area contributed by atoms with Crippen LogP contribution in [-0.2, 0) is 19.7 Å². The van der Waals surface area contributed by atoms with Crippen LogP contribution < -0.4 is 16.0 Å². The molecule has 0 bridgehead atoms. The molecule has 3 N–H and O–H groups in total. The molecule has 3 aliphatic rings. The lowest BCUT2D eigenvalue weighted by molar-refractivity contribution is -0.129. The average Bonchev–Trinajstić information content (AvgIpc) is 3.02. The lowest BCUT2D eigenvalue weighted by Gasteiger charge is -2.23. The molecule has 1 unspecified atom stereocenters. The summed E-state index contributed by atoms with van der Waals surface area (Å²) in [6.45, 7) is 3.13. The number of carbonyl (C=O) groups is 3. The Balaban J connectivity index is 1.44. The van der Waals surface area contributed by atoms with Crippen molar-refractivity contribution in [2.24, 2.45) is 17.6 Å². The molecule has 0 spiro atoms. The molecule has 4 atom stereocenters. The van der Waals surface area contributed by atoms with Crippen molar-refractivity contribution in [3.8, 4) is 6.07 Å². The average molecular weight is 397 g/mol. The van der Waals surface area contributed by atoms with E-state index >= 15 is 0 Å². The van der Waals surface area contributed by atoms with Crippen LogP contribution in [0.2, 0.25) is 0 Å². The van der Waals surface area contributed by atoms with Gasteiger partial charge in [0, 0.05) is 37.5 Å². The Morgan fingerprint density at radius 3 is 2.48 bits per heavy atom. The number of nitrogens with one attached hydrogen (secondary N) is 1. The molecule has 2 aliphatic heterocycles. The van der Waals surface area contributed by atoms with Crippen molar-refractivity contribution in [1.82, 2.24) is 10.2 Å². The van der Waals surface area contributed by atoms with Crippen molar-refractivity contribution < 1.29 is 19.1 Å². The van der Waals surface area contributed by atoms with Crippen LogP contribution in [0.15, 0.2) is 24.3 Å². The fraction of sp³-hybridized carbons (Fsp3) is 0.500. The van der Waals surface area contributed by atoms with E-state index in [-0.39, 0.29) is 36.7 Å². The number of carbonyl (C=O) groups excluding carboxylic acids is 3. The molecule has 1 aromatic carbocycles. The molecule has 1 aliphatic carbocycles. The minimum Gasteiger partial charge on any atom is -0.442 e. The van der Waals surface area contributed by atoms with Crippen LogP contribution in [0.1, 0.15) is 12.5 Å². The van der Waals surface area contributed by atoms with Crippen molar-refractivity contribution in [3.63, 3.8) is 0 Å². The lowest BCUT2D eigenvalue weighted by Crippen LogP contribution is -2.38. The van der Waals surface area contributed by atoms with Crippen LogP contribution in [0.25, 0.3) is 0 Å². The number of nitrogens with zero attached hydrogens (tertiary/aromatic N) is 3. The maximum atomic E-state index is 12.2. The van der Waals surface area contributed by atoms with Crippen LogP contribution in [-0.4, -0.2) is 61.6 Å². The molecule has 9 nitrogen and oxygen atoms in total. The summed E-state index contributed by atoms with van der Waals surface area (Å²) >= 11 is 0. The third-order valence-electron chi connectivity index (χ3n) is 6.20. The standard InChI is InChI=1S/C20H23N5O4/c1-12(26)23-7-15-8-25(19(28)29-15)14-4-2-13(3-5-14)20(11-22)16-9-24(10-17(16)20)18(27)6-21/h2-5,15-17H,6-10,21H2,1H3,(H,23,26)/t15-,16-,17+,20?/m0/s1. The first-order valence-corrected chi connectivity index (χ1v) is 9.63. The van der Waals surface area contributed by atoms with Gasteiger partial charge in [0.15, 0.2) is 0 Å². The molecule has 4 rings (SSSR count). The highest BCUT2D eigenvalue weighted by Gasteiger charge is 2.70. The molecule has 0 aromatic heterocycles. The monoisotopic (exact) mass is 397 g/mol. The SMILES string of the molecule is CC(=O)NC[C@H]1CN(c2ccc(C3(C#N)[C@@H]4CN(C(=O)CN)C[C@@H]43)cc2)C(=O)O1. The van der Waals surface area contributed by atoms with Gasteiger partial charge in [-0.05, 0) is 17.7 Å². The minimum absolute atomic E-state index is 0.0114. The summed E-state index contributed by atoms with van der Waals surface area (Å²) in [4.78, 5) is 38.2. The molecular formula is C20H23N5O4. The van der Waals surface area contributed by atoms with Crippen molar-refractivity contribution in [2.45, 2.75) is 18.4 Å². The molecular weight excluding hydrogens is 374 g/mol. The Kier molecular flexibility index (Phi) is 4.67. The maximum absolute atomic E-state index is 12.2. The van der Waals surface area contributed by atoms with Gasteiger partial charge in [-0.1, -0.05) is 12.1 Å². The zero-order chi connectivity index (χ0) is 20.8. The second-order valence-corrected chi connectivity index (χ2v) is 7.80. The van der Waals surface area contributed by atoms with Crippen molar-refractivity contribution >= 4 is 23.6 Å². The van der Waals surface area contributed by atoms with Gasteiger partial charge in [-0.15, -0.1) is 0 Å². The Morgan fingerprint density at radius 2 is 1.93 bits per heavy atom. The summed E-state index contributed by atoms with van der Waals surface area (Å²) in [6, 6.07) is 9.84. The summed E-state index contributed by atoms with van der Waals surface area (Å²) in [6.07, 6.45) is -0.854. The Morgan fingerprint density at radius 1 is 1.28 bits per heavy atom. The predicted octanol–water partition coefficient (Wildman–Crippen LogP) is -0.0438. The fourth-order valence-corrected chi connectivity index (χ4v) is 4.63. The lowest BCUT2D eigenvalue weighted by atomic mass is 9.91. The summed E-state index contributed by atoms with van der Waals surface area (Å²) < 4.78 is 5.29. The number of hydrogen-bond donors (Lipinski definition) is 2. The second kappa shape index (κ2) is 7.04. The van der Waals surface area contributed by atoms with Gasteiger partial charge in [-0.3, -0.25) is 14.5 Å². The highest BCUT2D eigenvalue weighted by molar-refractivity contribution is 5.90. The van der Waals surface area contributed by atoms with E-state index in [4.69, 9.17) is 10.5 Å². The van der Waals surface area contributed by atoms with Crippen molar-refractivity contribution in [3.05, 3.63) is 29.8 Å². The number of likely N-dealkylation sites (tertiary alicyclic amines) is 1. The van der Waals surface area contributed by atoms with E-state index in [9.17, 15) is 19.6 Å². The van der Waals surface area contributed by atoms with Crippen LogP contribution in [0.4, 0.5) is 10.5 Å². The van der Waals surface area contributed by atoms with Gasteiger partial charge >= 0.3 is 6.09 Å². The molecule has 29 heavy (non-hydrogen) atoms. The highest BCUT2D eigenvalue weighted by atomic mass is 16.6. The topological polar surface area (TPSA) is 129 Å². The number of rotatable bonds is 5. The van der Waals surface area contributed by atoms with Crippen molar-refractivity contribution in [1.29, 1.82) is 5.26 Å². The van der Waals surface area contributed by atoms with Gasteiger partial charge in [0.25, 0.3) is 0 Å². The summed E-state index contributed by atoms with van der Waals surface area (Å²) in [5, 5.41) is 12.5. The highest BCUT2D eigenvalue weighted by Crippen LogP contribution is 2.63. The molecule has 2 heterocycles. The van der Waals surface area contributed by atoms with E-state index in [0.29, 0.717) is 25.3 Å². The second-order valence-electron chi connectivity index (χ2n) is 7.80. The number of hydrogen-bond acceptors (Lipinski definition) is 6. The number of nitriles is 1. The molecule has 9 heteroatoms. The van der Waals surface area contributed by atoms with E-state index in [0.717, 1.165) is 5.56 Å². The normalized spacial score (nSPS) is 29.8. The van der Waals surface area contributed by atoms with E-state index in [1.54, 1.807) is 4.90 Å². The number of nitrogens with two attached hydrogens (primary N) is 1. The maximum Gasteiger partial charge on any atom is 0.414 e. The van der Waals surface area contributed by atoms with E-state index in [1.807, 2.05) is 24.3 Å². The zero-order valence-corrected chi connectivity index (χ0v) is 16.1. The van der Waals surface area contributed by atoms with Gasteiger partial charge in [0.05, 0.1) is 31.1 Å². The third kappa shape index (κ3) is 3.09. The molecule has 1 aromatic rings. The number of benzene rings is 1. The first kappa shape index (κ1) is 19.2. The van der Waals surface area contributed by atoms with Crippen LogP contribution >= 0.6 is 0 Å². The number of fused-ring (bicyclic) bond motifs is 1. The van der Waals surface area contributed by atoms with Gasteiger partial charge < -0.3 is 20.7 Å². The van der Waals surface area contributed by atoms with Crippen LogP contribution in [0, 0.1) is 23.2 Å². The fourth-order valence-electron chi connectivity index (χ4n) is 4.63. The van der Waals surface area contributed by atoms with E-state index < -0.39 is 17.6 Å². The zero-order valence-electron chi connectivity index (χ0n) is 16.1. The van der Waals surface area contributed by atoms with E-state index in [2.05, 4.69) is 11.4 Å². The van der Waals surface area contributed by atoms with Gasteiger partial charge in [0.1, 0.15) is 6.10 Å². The molecule has 2 saturated heterocycles. The predicted molar refractivity (Wildman–Crippen MR) is 103 cm³/mol. The number of piperidine rings is 1. The van der Waals surface area contributed by atoms with Crippen LogP contribution in [0.3, 0.4) is 0 Å². The molecule has 152 valence electrons. The summed E-state index contributed by atoms with van der Waals surface area (Å²) in [7, 11) is 0. The number of amides is 3. The quantitative estimate of drug-likeness (QED) is 0.717. The Bertz CT molecular complexity index is 881. The van der Waals surface area contributed by atoms with E-state index in [1.165, 1.54) is 11.8 Å². The van der Waals surface area contributed by atoms with Crippen LogP contribution in [0.5, 0.6) is 0 Å². The largest absolute Gasteiger partial charge is 0.442 e. The summed E-state index contributed by atoms with van der Waals surface area (Å²) in [5.41, 5.74) is 6.44. The molecule has 0 radical (unpaired) electrons. The van der Waals surface area contributed by atoms with Gasteiger partial charge in [-0.2, -0.15) is 5.26 Å².